The van der Waals surface area contributed by atoms with Crippen LogP contribution in [0.3, 0.4) is 0 Å². The number of hydrogen-bond acceptors (Lipinski definition) is 2. The molecule has 1 rings (SSSR count). The third kappa shape index (κ3) is 2.82. The molecule has 1 heterocycles. The highest BCUT2D eigenvalue weighted by molar-refractivity contribution is 7.10. The van der Waals surface area contributed by atoms with E-state index in [0.717, 1.165) is 6.54 Å². The first-order chi connectivity index (χ1) is 6.52. The van der Waals surface area contributed by atoms with Gasteiger partial charge in [-0.05, 0) is 29.3 Å². The van der Waals surface area contributed by atoms with E-state index in [-0.39, 0.29) is 0 Å². The zero-order valence-corrected chi connectivity index (χ0v) is 10.7. The molecule has 0 fully saturated rings. The molecule has 0 unspecified atom stereocenters. The Labute approximate surface area is 91.5 Å². The Hall–Kier alpha value is -0.340. The maximum atomic E-state index is 3.48. The summed E-state index contributed by atoms with van der Waals surface area (Å²) in [6.07, 6.45) is 0. The molecule has 0 atom stereocenters. The van der Waals surface area contributed by atoms with Crippen molar-refractivity contribution in [3.63, 3.8) is 0 Å². The molecule has 0 amide bonds. The Morgan fingerprint density at radius 3 is 2.43 bits per heavy atom. The summed E-state index contributed by atoms with van der Waals surface area (Å²) < 4.78 is 0. The van der Waals surface area contributed by atoms with E-state index in [4.69, 9.17) is 0 Å². The molecule has 80 valence electrons. The highest BCUT2D eigenvalue weighted by Crippen LogP contribution is 2.28. The molecule has 0 aliphatic carbocycles. The molecule has 0 radical (unpaired) electrons. The van der Waals surface area contributed by atoms with Crippen molar-refractivity contribution in [3.8, 4) is 0 Å². The maximum Gasteiger partial charge on any atom is 0.0219 e. The first-order valence-electron chi connectivity index (χ1n) is 5.32. The summed E-state index contributed by atoms with van der Waals surface area (Å²) in [6.45, 7) is 12.2. The summed E-state index contributed by atoms with van der Waals surface area (Å²) >= 11 is 1.87. The van der Waals surface area contributed by atoms with E-state index < -0.39 is 0 Å². The minimum absolute atomic E-state index is 0.565. The molecule has 14 heavy (non-hydrogen) atoms. The molecule has 0 aliphatic heterocycles. The normalized spacial score (nSPS) is 11.6. The minimum atomic E-state index is 0.565. The van der Waals surface area contributed by atoms with E-state index in [1.54, 1.807) is 5.56 Å². The van der Waals surface area contributed by atoms with Gasteiger partial charge >= 0.3 is 0 Å². The topological polar surface area (TPSA) is 12.0 Å². The molecule has 0 aliphatic rings. The molecule has 1 aromatic heterocycles. The van der Waals surface area contributed by atoms with Crippen LogP contribution in [0.5, 0.6) is 0 Å². The van der Waals surface area contributed by atoms with E-state index >= 15 is 0 Å². The fourth-order valence-electron chi connectivity index (χ4n) is 1.74. The first kappa shape index (κ1) is 11.7. The van der Waals surface area contributed by atoms with Gasteiger partial charge in [0.15, 0.2) is 0 Å². The molecular formula is C12H21NS. The van der Waals surface area contributed by atoms with Crippen molar-refractivity contribution >= 4 is 11.3 Å². The van der Waals surface area contributed by atoms with E-state index in [2.05, 4.69) is 45.3 Å². The van der Waals surface area contributed by atoms with Gasteiger partial charge in [-0.2, -0.15) is 0 Å². The van der Waals surface area contributed by atoms with Gasteiger partial charge < -0.3 is 5.32 Å². The van der Waals surface area contributed by atoms with Gasteiger partial charge in [0.25, 0.3) is 0 Å². The molecule has 0 aromatic carbocycles. The summed E-state index contributed by atoms with van der Waals surface area (Å²) in [5.74, 6) is 0.644. The Bertz CT molecular complexity index is 287. The Morgan fingerprint density at radius 1 is 1.29 bits per heavy atom. The van der Waals surface area contributed by atoms with Crippen LogP contribution >= 0.6 is 11.3 Å². The third-order valence-corrected chi connectivity index (χ3v) is 3.36. The number of hydrogen-bond donors (Lipinski definition) is 1. The fraction of sp³-hybridized carbons (Fsp3) is 0.667. The van der Waals surface area contributed by atoms with E-state index in [9.17, 15) is 0 Å². The van der Waals surface area contributed by atoms with Crippen molar-refractivity contribution in [1.29, 1.82) is 0 Å². The largest absolute Gasteiger partial charge is 0.310 e. The fourth-order valence-corrected chi connectivity index (χ4v) is 2.76. The van der Waals surface area contributed by atoms with Gasteiger partial charge in [0.1, 0.15) is 0 Å². The van der Waals surface area contributed by atoms with E-state index in [1.165, 1.54) is 10.4 Å². The van der Waals surface area contributed by atoms with Crippen LogP contribution in [0.1, 0.15) is 49.6 Å². The highest BCUT2D eigenvalue weighted by Gasteiger charge is 2.11. The van der Waals surface area contributed by atoms with Crippen LogP contribution in [0.4, 0.5) is 0 Å². The number of nitrogens with one attached hydrogen (secondary N) is 1. The van der Waals surface area contributed by atoms with Crippen LogP contribution in [0, 0.1) is 6.92 Å². The number of thiophene rings is 1. The Morgan fingerprint density at radius 2 is 1.93 bits per heavy atom. The lowest BCUT2D eigenvalue weighted by atomic mass is 9.99. The monoisotopic (exact) mass is 211 g/mol. The van der Waals surface area contributed by atoms with Crippen LogP contribution in [0.25, 0.3) is 0 Å². The predicted octanol–water partition coefficient (Wildman–Crippen LogP) is 3.68. The van der Waals surface area contributed by atoms with Gasteiger partial charge in [-0.1, -0.05) is 27.7 Å². The zero-order valence-electron chi connectivity index (χ0n) is 9.85. The first-order valence-corrected chi connectivity index (χ1v) is 6.20. The van der Waals surface area contributed by atoms with Crippen molar-refractivity contribution in [2.24, 2.45) is 0 Å². The Balaban J connectivity index is 2.76. The quantitative estimate of drug-likeness (QED) is 0.801. The van der Waals surface area contributed by atoms with E-state index in [1.807, 2.05) is 11.3 Å². The van der Waals surface area contributed by atoms with Gasteiger partial charge in [-0.25, -0.2) is 0 Å². The number of aryl methyl sites for hydroxylation is 1. The van der Waals surface area contributed by atoms with Crippen molar-refractivity contribution < 1.29 is 0 Å². The molecule has 1 nitrogen and oxygen atoms in total. The summed E-state index contributed by atoms with van der Waals surface area (Å²) in [5.41, 5.74) is 3.03. The molecule has 1 N–H and O–H groups in total. The second-order valence-electron chi connectivity index (χ2n) is 4.42. The summed E-state index contributed by atoms with van der Waals surface area (Å²) in [4.78, 5) is 1.47. The lowest BCUT2D eigenvalue weighted by molar-refractivity contribution is 0.585. The SMILES string of the molecule is Cc1scc(CNC(C)C)c1C(C)C. The Kier molecular flexibility index (Phi) is 4.14. The highest BCUT2D eigenvalue weighted by atomic mass is 32.1. The molecule has 0 saturated carbocycles. The van der Waals surface area contributed by atoms with Crippen molar-refractivity contribution in [2.75, 3.05) is 0 Å². The van der Waals surface area contributed by atoms with Crippen molar-refractivity contribution in [1.82, 2.24) is 5.32 Å². The summed E-state index contributed by atoms with van der Waals surface area (Å²) in [5, 5.41) is 5.77. The predicted molar refractivity (Wildman–Crippen MR) is 65.1 cm³/mol. The summed E-state index contributed by atoms with van der Waals surface area (Å²) in [6, 6.07) is 0.565. The average Bonchev–Trinajstić information content (AvgIpc) is 2.43. The molecule has 0 saturated heterocycles. The molecule has 0 spiro atoms. The van der Waals surface area contributed by atoms with Crippen LogP contribution in [0.2, 0.25) is 0 Å². The molecule has 2 heteroatoms. The van der Waals surface area contributed by atoms with Gasteiger partial charge in [0.05, 0.1) is 0 Å². The molecular weight excluding hydrogens is 190 g/mol. The summed E-state index contributed by atoms with van der Waals surface area (Å²) in [7, 11) is 0. The van der Waals surface area contributed by atoms with Gasteiger partial charge in [-0.15, -0.1) is 11.3 Å². The lowest BCUT2D eigenvalue weighted by Gasteiger charge is -2.12. The van der Waals surface area contributed by atoms with Crippen LogP contribution in [-0.4, -0.2) is 6.04 Å². The minimum Gasteiger partial charge on any atom is -0.310 e. The zero-order chi connectivity index (χ0) is 10.7. The third-order valence-electron chi connectivity index (χ3n) is 2.38. The second kappa shape index (κ2) is 4.94. The van der Waals surface area contributed by atoms with Crippen LogP contribution in [0.15, 0.2) is 5.38 Å². The molecule has 0 bridgehead atoms. The number of rotatable bonds is 4. The standard InChI is InChI=1S/C12H21NS/c1-8(2)12-10(5)14-7-11(12)6-13-9(3)4/h7-9,13H,6H2,1-5H3. The van der Waals surface area contributed by atoms with Gasteiger partial charge in [0, 0.05) is 17.5 Å². The smallest absolute Gasteiger partial charge is 0.0219 e. The van der Waals surface area contributed by atoms with E-state index in [0.29, 0.717) is 12.0 Å². The van der Waals surface area contributed by atoms with Crippen molar-refractivity contribution in [3.05, 3.63) is 21.4 Å². The van der Waals surface area contributed by atoms with Crippen LogP contribution in [-0.2, 0) is 6.54 Å². The van der Waals surface area contributed by atoms with Crippen LogP contribution < -0.4 is 5.32 Å². The van der Waals surface area contributed by atoms with Gasteiger partial charge in [-0.3, -0.25) is 0 Å². The second-order valence-corrected chi connectivity index (χ2v) is 5.50. The maximum absolute atomic E-state index is 3.48. The van der Waals surface area contributed by atoms with Gasteiger partial charge in [0.2, 0.25) is 0 Å². The average molecular weight is 211 g/mol. The lowest BCUT2D eigenvalue weighted by Crippen LogP contribution is -2.22. The molecule has 1 aromatic rings. The van der Waals surface area contributed by atoms with Crippen molar-refractivity contribution in [2.45, 2.75) is 53.1 Å².